The van der Waals surface area contributed by atoms with Crippen LogP contribution in [-0.2, 0) is 19.6 Å². The molecule has 176 valence electrons. The molecule has 0 saturated carbocycles. The molecule has 1 heterocycles. The highest BCUT2D eigenvalue weighted by atomic mass is 32.2. The first-order chi connectivity index (χ1) is 16.3. The number of sulfonamides is 1. The molecule has 2 amide bonds. The van der Waals surface area contributed by atoms with E-state index in [-0.39, 0.29) is 10.6 Å². The van der Waals surface area contributed by atoms with Gasteiger partial charge in [-0.25, -0.2) is 12.8 Å². The van der Waals surface area contributed by atoms with E-state index >= 15 is 0 Å². The van der Waals surface area contributed by atoms with E-state index in [4.69, 9.17) is 4.74 Å². The van der Waals surface area contributed by atoms with Crippen molar-refractivity contribution >= 4 is 38.9 Å². The smallest absolute Gasteiger partial charge is 0.265 e. The van der Waals surface area contributed by atoms with Crippen LogP contribution in [0.25, 0.3) is 0 Å². The van der Waals surface area contributed by atoms with Gasteiger partial charge >= 0.3 is 0 Å². The van der Waals surface area contributed by atoms with E-state index in [0.29, 0.717) is 23.7 Å². The zero-order valence-corrected chi connectivity index (χ0v) is 19.0. The van der Waals surface area contributed by atoms with Crippen LogP contribution in [0.15, 0.2) is 77.7 Å². The number of hydrogen-bond acceptors (Lipinski definition) is 5. The molecule has 1 aliphatic heterocycles. The second kappa shape index (κ2) is 9.52. The highest BCUT2D eigenvalue weighted by molar-refractivity contribution is 7.93. The SMILES string of the molecule is CCOc1ccc(NC(=O)C[C@H]2C(=O)Nc3ccccc3N2S(=O)(=O)c2ccc(F)cc2)cc1. The molecule has 3 aromatic carbocycles. The number of hydrogen-bond donors (Lipinski definition) is 2. The molecule has 1 atom stereocenters. The van der Waals surface area contributed by atoms with Crippen molar-refractivity contribution < 1.29 is 27.1 Å². The first kappa shape index (κ1) is 23.2. The molecular formula is C24H22FN3O5S. The lowest BCUT2D eigenvalue weighted by Gasteiger charge is -2.36. The number of para-hydroxylation sites is 2. The van der Waals surface area contributed by atoms with Gasteiger partial charge in [0.25, 0.3) is 10.0 Å². The van der Waals surface area contributed by atoms with Crippen LogP contribution in [0.1, 0.15) is 13.3 Å². The average molecular weight is 484 g/mol. The summed E-state index contributed by atoms with van der Waals surface area (Å²) in [6, 6.07) is 16.0. The Morgan fingerprint density at radius 2 is 1.74 bits per heavy atom. The largest absolute Gasteiger partial charge is 0.494 e. The predicted octanol–water partition coefficient (Wildman–Crippen LogP) is 3.77. The maximum atomic E-state index is 13.5. The van der Waals surface area contributed by atoms with E-state index in [0.717, 1.165) is 28.6 Å². The van der Waals surface area contributed by atoms with Crippen molar-refractivity contribution in [1.82, 2.24) is 0 Å². The normalized spacial score (nSPS) is 15.3. The highest BCUT2D eigenvalue weighted by Gasteiger charge is 2.42. The molecule has 4 rings (SSSR count). The zero-order chi connectivity index (χ0) is 24.3. The van der Waals surface area contributed by atoms with Gasteiger partial charge in [-0.1, -0.05) is 12.1 Å². The number of rotatable bonds is 7. The van der Waals surface area contributed by atoms with Gasteiger partial charge in [-0.2, -0.15) is 0 Å². The lowest BCUT2D eigenvalue weighted by Crippen LogP contribution is -2.52. The second-order valence-electron chi connectivity index (χ2n) is 7.49. The number of ether oxygens (including phenoxy) is 1. The molecule has 0 aliphatic carbocycles. The van der Waals surface area contributed by atoms with Crippen LogP contribution < -0.4 is 19.7 Å². The molecule has 10 heteroatoms. The maximum Gasteiger partial charge on any atom is 0.265 e. The Morgan fingerprint density at radius 3 is 2.41 bits per heavy atom. The minimum atomic E-state index is -4.30. The van der Waals surface area contributed by atoms with Crippen LogP contribution in [0, 0.1) is 5.82 Å². The Labute approximate surface area is 196 Å². The number of nitrogens with one attached hydrogen (secondary N) is 2. The van der Waals surface area contributed by atoms with Gasteiger partial charge < -0.3 is 15.4 Å². The third-order valence-electron chi connectivity index (χ3n) is 5.18. The van der Waals surface area contributed by atoms with Crippen molar-refractivity contribution in [2.24, 2.45) is 0 Å². The summed E-state index contributed by atoms with van der Waals surface area (Å²) in [7, 11) is -4.30. The van der Waals surface area contributed by atoms with Gasteiger partial charge in [0.2, 0.25) is 11.8 Å². The molecule has 0 aromatic heterocycles. The van der Waals surface area contributed by atoms with Gasteiger partial charge in [0.05, 0.1) is 29.3 Å². The third-order valence-corrected chi connectivity index (χ3v) is 7.02. The van der Waals surface area contributed by atoms with Crippen LogP contribution in [0.2, 0.25) is 0 Å². The standard InChI is InChI=1S/C24H22FN3O5S/c1-2-33-18-11-9-17(10-12-18)26-23(29)15-22-24(30)27-20-5-3-4-6-21(20)28(22)34(31,32)19-13-7-16(25)8-14-19/h3-14,22H,2,15H2,1H3,(H,26,29)(H,27,30)/t22-/m0/s1. The Hall–Kier alpha value is -3.92. The Kier molecular flexibility index (Phi) is 6.51. The van der Waals surface area contributed by atoms with Crippen LogP contribution in [0.5, 0.6) is 5.75 Å². The van der Waals surface area contributed by atoms with Gasteiger partial charge in [0, 0.05) is 5.69 Å². The number of nitrogens with zero attached hydrogens (tertiary/aromatic N) is 1. The molecule has 34 heavy (non-hydrogen) atoms. The summed E-state index contributed by atoms with van der Waals surface area (Å²) in [5, 5.41) is 5.34. The molecule has 0 bridgehead atoms. The molecule has 2 N–H and O–H groups in total. The van der Waals surface area contributed by atoms with Crippen molar-refractivity contribution in [3.63, 3.8) is 0 Å². The quantitative estimate of drug-likeness (QED) is 0.532. The first-order valence-electron chi connectivity index (χ1n) is 10.5. The van der Waals surface area contributed by atoms with Gasteiger partial charge in [0.1, 0.15) is 17.6 Å². The van der Waals surface area contributed by atoms with Crippen molar-refractivity contribution in [2.75, 3.05) is 21.5 Å². The molecule has 0 unspecified atom stereocenters. The van der Waals surface area contributed by atoms with Crippen molar-refractivity contribution in [1.29, 1.82) is 0 Å². The molecule has 1 aliphatic rings. The summed E-state index contributed by atoms with van der Waals surface area (Å²) in [6.07, 6.45) is -0.437. The number of anilines is 3. The van der Waals surface area contributed by atoms with Gasteiger partial charge in [-0.3, -0.25) is 13.9 Å². The monoisotopic (exact) mass is 483 g/mol. The van der Waals surface area contributed by atoms with Crippen LogP contribution in [0.4, 0.5) is 21.5 Å². The van der Waals surface area contributed by atoms with Crippen LogP contribution in [0.3, 0.4) is 0 Å². The second-order valence-corrected chi connectivity index (χ2v) is 9.30. The summed E-state index contributed by atoms with van der Waals surface area (Å²) in [5.74, 6) is -1.16. The summed E-state index contributed by atoms with van der Waals surface area (Å²) in [4.78, 5) is 25.5. The van der Waals surface area contributed by atoms with Gasteiger partial charge in [0.15, 0.2) is 0 Å². The number of halogens is 1. The fourth-order valence-corrected chi connectivity index (χ4v) is 5.27. The van der Waals surface area contributed by atoms with Gasteiger partial charge in [-0.15, -0.1) is 0 Å². The van der Waals surface area contributed by atoms with Gasteiger partial charge in [-0.05, 0) is 67.6 Å². The van der Waals surface area contributed by atoms with E-state index in [1.54, 1.807) is 42.5 Å². The number of carbonyl (C=O) groups is 2. The first-order valence-corrected chi connectivity index (χ1v) is 12.0. The molecule has 0 spiro atoms. The molecule has 0 fully saturated rings. The van der Waals surface area contributed by atoms with Crippen LogP contribution >= 0.6 is 0 Å². The minimum Gasteiger partial charge on any atom is -0.494 e. The lowest BCUT2D eigenvalue weighted by molar-refractivity contribution is -0.122. The maximum absolute atomic E-state index is 13.5. The number of amides is 2. The van der Waals surface area contributed by atoms with E-state index in [9.17, 15) is 22.4 Å². The fourth-order valence-electron chi connectivity index (χ4n) is 3.64. The number of fused-ring (bicyclic) bond motifs is 1. The van der Waals surface area contributed by atoms with Crippen molar-refractivity contribution in [3.05, 3.63) is 78.6 Å². The van der Waals surface area contributed by atoms with Crippen molar-refractivity contribution in [3.8, 4) is 5.75 Å². The zero-order valence-electron chi connectivity index (χ0n) is 18.2. The minimum absolute atomic E-state index is 0.199. The Bertz CT molecular complexity index is 1310. The van der Waals surface area contributed by atoms with Crippen molar-refractivity contribution in [2.45, 2.75) is 24.3 Å². The summed E-state index contributed by atoms with van der Waals surface area (Å²) in [6.45, 7) is 2.36. The van der Waals surface area contributed by atoms with Crippen LogP contribution in [-0.4, -0.2) is 32.9 Å². The van der Waals surface area contributed by atoms with E-state index < -0.39 is 40.1 Å². The molecule has 8 nitrogen and oxygen atoms in total. The molecule has 0 saturated heterocycles. The molecule has 0 radical (unpaired) electrons. The topological polar surface area (TPSA) is 105 Å². The summed E-state index contributed by atoms with van der Waals surface area (Å²) < 4.78 is 46.8. The average Bonchev–Trinajstić information content (AvgIpc) is 2.81. The number of benzene rings is 3. The number of carbonyl (C=O) groups excluding carboxylic acids is 2. The lowest BCUT2D eigenvalue weighted by atomic mass is 10.1. The molecule has 3 aromatic rings. The Morgan fingerprint density at radius 1 is 1.06 bits per heavy atom. The van der Waals surface area contributed by atoms with E-state index in [2.05, 4.69) is 10.6 Å². The van der Waals surface area contributed by atoms with E-state index in [1.165, 1.54) is 6.07 Å². The summed E-state index contributed by atoms with van der Waals surface area (Å²) in [5.41, 5.74) is 0.977. The molecular weight excluding hydrogens is 461 g/mol. The van der Waals surface area contributed by atoms with E-state index in [1.807, 2.05) is 6.92 Å². The fraction of sp³-hybridized carbons (Fsp3) is 0.167. The highest BCUT2D eigenvalue weighted by Crippen LogP contribution is 2.37. The Balaban J connectivity index is 1.65. The third kappa shape index (κ3) is 4.72. The predicted molar refractivity (Wildman–Crippen MR) is 126 cm³/mol. The summed E-state index contributed by atoms with van der Waals surface area (Å²) >= 11 is 0.